The molecule has 0 amide bonds. The molecule has 0 aliphatic heterocycles. The molecule has 0 radical (unpaired) electrons. The van der Waals surface area contributed by atoms with Gasteiger partial charge in [0, 0.05) is 44.1 Å². The van der Waals surface area contributed by atoms with Crippen molar-refractivity contribution < 1.29 is 8.83 Å². The highest BCUT2D eigenvalue weighted by Crippen LogP contribution is 2.40. The van der Waals surface area contributed by atoms with Crippen molar-refractivity contribution in [2.45, 2.75) is 0 Å². The summed E-state index contributed by atoms with van der Waals surface area (Å²) in [4.78, 5) is 0. The highest BCUT2D eigenvalue weighted by atomic mass is 79.9. The number of para-hydroxylation sites is 3. The summed E-state index contributed by atoms with van der Waals surface area (Å²) in [7, 11) is 0. The SMILES string of the molecule is Brc1cccc2c1oc1ccc(-n3c4ccccc4c4cc5c(cc43)oc3ccccc35)cc12. The Kier molecular flexibility index (Phi) is 3.53. The van der Waals surface area contributed by atoms with Crippen LogP contribution in [0.1, 0.15) is 0 Å². The van der Waals surface area contributed by atoms with Crippen molar-refractivity contribution in [3.05, 3.63) is 102 Å². The topological polar surface area (TPSA) is 31.2 Å². The van der Waals surface area contributed by atoms with E-state index in [-0.39, 0.29) is 0 Å². The van der Waals surface area contributed by atoms with E-state index in [2.05, 4.69) is 93.3 Å². The van der Waals surface area contributed by atoms with Gasteiger partial charge in [-0.15, -0.1) is 0 Å². The molecule has 3 nitrogen and oxygen atoms in total. The Hall–Kier alpha value is -4.02. The molecule has 0 aliphatic carbocycles. The van der Waals surface area contributed by atoms with E-state index in [9.17, 15) is 0 Å². The standard InChI is InChI=1S/C30H16BrNO2/c31-24-9-5-8-20-22-14-17(12-13-28(22)34-30(20)24)32-25-10-3-1-6-18(25)21-15-23-19-7-2-4-11-27(19)33-29(23)16-26(21)32/h1-16H. The van der Waals surface area contributed by atoms with Crippen molar-refractivity contribution in [3.8, 4) is 5.69 Å². The number of furan rings is 2. The van der Waals surface area contributed by atoms with Gasteiger partial charge in [0.1, 0.15) is 22.3 Å². The molecule has 0 atom stereocenters. The van der Waals surface area contributed by atoms with Crippen LogP contribution in [-0.4, -0.2) is 4.57 Å². The summed E-state index contributed by atoms with van der Waals surface area (Å²) < 4.78 is 15.7. The first kappa shape index (κ1) is 18.4. The molecular weight excluding hydrogens is 486 g/mol. The van der Waals surface area contributed by atoms with Gasteiger partial charge >= 0.3 is 0 Å². The van der Waals surface area contributed by atoms with Crippen LogP contribution in [0.2, 0.25) is 0 Å². The Bertz CT molecular complexity index is 2090. The monoisotopic (exact) mass is 501 g/mol. The van der Waals surface area contributed by atoms with Gasteiger partial charge in [-0.1, -0.05) is 48.5 Å². The molecule has 3 aromatic heterocycles. The first-order valence-electron chi connectivity index (χ1n) is 11.2. The number of benzene rings is 5. The third-order valence-electron chi connectivity index (χ3n) is 6.86. The average Bonchev–Trinajstić information content (AvgIpc) is 3.52. The lowest BCUT2D eigenvalue weighted by atomic mass is 10.1. The normalized spacial score (nSPS) is 12.3. The summed E-state index contributed by atoms with van der Waals surface area (Å²) in [5, 5.41) is 6.94. The van der Waals surface area contributed by atoms with Gasteiger partial charge in [-0.25, -0.2) is 0 Å². The second-order valence-corrected chi connectivity index (χ2v) is 9.57. The maximum atomic E-state index is 6.24. The molecule has 34 heavy (non-hydrogen) atoms. The first-order chi connectivity index (χ1) is 16.8. The van der Waals surface area contributed by atoms with E-state index in [0.717, 1.165) is 59.6 Å². The third kappa shape index (κ3) is 2.36. The zero-order valence-corrected chi connectivity index (χ0v) is 19.5. The maximum absolute atomic E-state index is 6.24. The third-order valence-corrected chi connectivity index (χ3v) is 7.49. The fraction of sp³-hybridized carbons (Fsp3) is 0. The maximum Gasteiger partial charge on any atom is 0.149 e. The van der Waals surface area contributed by atoms with Crippen LogP contribution in [0.3, 0.4) is 0 Å². The van der Waals surface area contributed by atoms with E-state index in [1.807, 2.05) is 24.3 Å². The summed E-state index contributed by atoms with van der Waals surface area (Å²) in [6, 6.07) is 33.9. The summed E-state index contributed by atoms with van der Waals surface area (Å²) in [6.07, 6.45) is 0. The van der Waals surface area contributed by atoms with E-state index in [1.165, 1.54) is 16.3 Å². The van der Waals surface area contributed by atoms with Crippen LogP contribution in [0.15, 0.2) is 110 Å². The molecule has 4 heteroatoms. The molecular formula is C30H16BrNO2. The van der Waals surface area contributed by atoms with Gasteiger partial charge in [0.05, 0.1) is 15.5 Å². The fourth-order valence-corrected chi connectivity index (χ4v) is 5.80. The van der Waals surface area contributed by atoms with Crippen molar-refractivity contribution in [1.29, 1.82) is 0 Å². The smallest absolute Gasteiger partial charge is 0.149 e. The van der Waals surface area contributed by atoms with Crippen molar-refractivity contribution in [3.63, 3.8) is 0 Å². The Morgan fingerprint density at radius 1 is 0.500 bits per heavy atom. The van der Waals surface area contributed by atoms with Crippen LogP contribution < -0.4 is 0 Å². The Morgan fingerprint density at radius 2 is 1.26 bits per heavy atom. The molecule has 8 rings (SSSR count). The minimum atomic E-state index is 0.876. The summed E-state index contributed by atoms with van der Waals surface area (Å²) in [6.45, 7) is 0. The van der Waals surface area contributed by atoms with Gasteiger partial charge in [0.2, 0.25) is 0 Å². The number of fused-ring (bicyclic) bond motifs is 9. The van der Waals surface area contributed by atoms with E-state index < -0.39 is 0 Å². The Labute approximate surface area is 201 Å². The molecule has 0 bridgehead atoms. The van der Waals surface area contributed by atoms with Crippen LogP contribution in [0.25, 0.3) is 71.4 Å². The van der Waals surface area contributed by atoms with Gasteiger partial charge in [0.15, 0.2) is 0 Å². The average molecular weight is 502 g/mol. The lowest BCUT2D eigenvalue weighted by Gasteiger charge is -2.08. The van der Waals surface area contributed by atoms with Gasteiger partial charge in [-0.3, -0.25) is 0 Å². The summed E-state index contributed by atoms with van der Waals surface area (Å²) in [5.41, 5.74) is 6.96. The number of hydrogen-bond acceptors (Lipinski definition) is 2. The van der Waals surface area contributed by atoms with Crippen LogP contribution >= 0.6 is 15.9 Å². The molecule has 0 fully saturated rings. The molecule has 0 saturated heterocycles. The molecule has 0 unspecified atom stereocenters. The highest BCUT2D eigenvalue weighted by Gasteiger charge is 2.17. The minimum Gasteiger partial charge on any atom is -0.456 e. The molecule has 160 valence electrons. The summed E-state index contributed by atoms with van der Waals surface area (Å²) >= 11 is 3.63. The Balaban J connectivity index is 1.51. The molecule has 0 spiro atoms. The fourth-order valence-electron chi connectivity index (χ4n) is 5.36. The zero-order chi connectivity index (χ0) is 22.4. The Morgan fingerprint density at radius 3 is 2.21 bits per heavy atom. The van der Waals surface area contributed by atoms with Crippen LogP contribution in [-0.2, 0) is 0 Å². The van der Waals surface area contributed by atoms with Crippen LogP contribution in [0.5, 0.6) is 0 Å². The second-order valence-electron chi connectivity index (χ2n) is 8.72. The van der Waals surface area contributed by atoms with Gasteiger partial charge in [0.25, 0.3) is 0 Å². The van der Waals surface area contributed by atoms with Crippen molar-refractivity contribution in [2.24, 2.45) is 0 Å². The molecule has 8 aromatic rings. The lowest BCUT2D eigenvalue weighted by Crippen LogP contribution is -1.93. The van der Waals surface area contributed by atoms with E-state index in [1.54, 1.807) is 0 Å². The molecule has 0 N–H and O–H groups in total. The van der Waals surface area contributed by atoms with E-state index in [0.29, 0.717) is 0 Å². The summed E-state index contributed by atoms with van der Waals surface area (Å²) in [5.74, 6) is 0. The molecule has 0 aliphatic rings. The first-order valence-corrected chi connectivity index (χ1v) is 12.0. The van der Waals surface area contributed by atoms with Crippen molar-refractivity contribution >= 4 is 81.6 Å². The van der Waals surface area contributed by atoms with Crippen molar-refractivity contribution in [2.75, 3.05) is 0 Å². The number of nitrogens with zero attached hydrogens (tertiary/aromatic N) is 1. The van der Waals surface area contributed by atoms with Crippen LogP contribution in [0, 0.1) is 0 Å². The number of aromatic nitrogens is 1. The van der Waals surface area contributed by atoms with Crippen molar-refractivity contribution in [1.82, 2.24) is 4.57 Å². The molecule has 0 saturated carbocycles. The predicted molar refractivity (Wildman–Crippen MR) is 143 cm³/mol. The zero-order valence-electron chi connectivity index (χ0n) is 17.9. The van der Waals surface area contributed by atoms with E-state index in [4.69, 9.17) is 8.83 Å². The largest absolute Gasteiger partial charge is 0.456 e. The quantitative estimate of drug-likeness (QED) is 0.224. The minimum absolute atomic E-state index is 0.876. The van der Waals surface area contributed by atoms with Gasteiger partial charge in [-0.05, 0) is 58.4 Å². The van der Waals surface area contributed by atoms with E-state index >= 15 is 0 Å². The second kappa shape index (κ2) is 6.52. The van der Waals surface area contributed by atoms with Gasteiger partial charge in [-0.2, -0.15) is 0 Å². The van der Waals surface area contributed by atoms with Crippen LogP contribution in [0.4, 0.5) is 0 Å². The number of hydrogen-bond donors (Lipinski definition) is 0. The lowest BCUT2D eigenvalue weighted by molar-refractivity contribution is 0.666. The molecule has 3 heterocycles. The van der Waals surface area contributed by atoms with Gasteiger partial charge < -0.3 is 13.4 Å². The predicted octanol–water partition coefficient (Wildman–Crippen LogP) is 9.34. The number of halogens is 1. The highest BCUT2D eigenvalue weighted by molar-refractivity contribution is 9.10. The number of rotatable bonds is 1. The molecule has 5 aromatic carbocycles.